The van der Waals surface area contributed by atoms with Crippen molar-refractivity contribution in [3.63, 3.8) is 0 Å². The van der Waals surface area contributed by atoms with Crippen LogP contribution in [0, 0.1) is 0 Å². The van der Waals surface area contributed by atoms with Gasteiger partial charge in [0.25, 0.3) is 0 Å². The summed E-state index contributed by atoms with van der Waals surface area (Å²) >= 11 is 7.23. The monoisotopic (exact) mass is 442 g/mol. The molecule has 29 heavy (non-hydrogen) atoms. The van der Waals surface area contributed by atoms with Gasteiger partial charge in [0.05, 0.1) is 31.7 Å². The van der Waals surface area contributed by atoms with Crippen LogP contribution in [0.3, 0.4) is 0 Å². The number of halogens is 3. The number of quaternary nitrogens is 1. The Hall–Kier alpha value is -1.64. The fourth-order valence-corrected chi connectivity index (χ4v) is 4.63. The summed E-state index contributed by atoms with van der Waals surface area (Å²) in [5, 5.41) is 5.50. The average Bonchev–Trinajstić information content (AvgIpc) is 3.21. The van der Waals surface area contributed by atoms with Crippen LogP contribution in [-0.4, -0.2) is 36.2 Å². The van der Waals surface area contributed by atoms with Gasteiger partial charge in [0.2, 0.25) is 0 Å². The van der Waals surface area contributed by atoms with Gasteiger partial charge in [0.15, 0.2) is 5.11 Å². The van der Waals surface area contributed by atoms with Gasteiger partial charge in [0, 0.05) is 23.5 Å². The number of thiophene rings is 1. The zero-order valence-corrected chi connectivity index (χ0v) is 17.9. The van der Waals surface area contributed by atoms with Crippen molar-refractivity contribution in [2.45, 2.75) is 38.4 Å². The Balaban J connectivity index is 1.62. The van der Waals surface area contributed by atoms with E-state index in [1.807, 2.05) is 11.4 Å². The number of likely N-dealkylation sites (tertiary alicyclic amines) is 1. The molecule has 8 heteroatoms. The van der Waals surface area contributed by atoms with Gasteiger partial charge in [-0.1, -0.05) is 12.1 Å². The lowest BCUT2D eigenvalue weighted by Gasteiger charge is -2.28. The molecule has 0 spiro atoms. The molecule has 0 atom stereocenters. The summed E-state index contributed by atoms with van der Waals surface area (Å²) in [4.78, 5) is 4.89. The first-order valence-corrected chi connectivity index (χ1v) is 11.3. The number of piperidine rings is 1. The largest absolute Gasteiger partial charge is 0.416 e. The van der Waals surface area contributed by atoms with Gasteiger partial charge in [-0.25, -0.2) is 0 Å². The van der Waals surface area contributed by atoms with E-state index in [9.17, 15) is 13.2 Å². The van der Waals surface area contributed by atoms with E-state index in [2.05, 4.69) is 16.3 Å². The van der Waals surface area contributed by atoms with Crippen LogP contribution in [0.5, 0.6) is 0 Å². The van der Waals surface area contributed by atoms with Gasteiger partial charge in [-0.2, -0.15) is 13.2 Å². The molecule has 1 aromatic heterocycles. The van der Waals surface area contributed by atoms with Crippen LogP contribution in [-0.2, 0) is 12.7 Å². The van der Waals surface area contributed by atoms with E-state index in [0.29, 0.717) is 17.3 Å². The van der Waals surface area contributed by atoms with Gasteiger partial charge < -0.3 is 15.1 Å². The van der Waals surface area contributed by atoms with Crippen LogP contribution in [0.25, 0.3) is 0 Å². The summed E-state index contributed by atoms with van der Waals surface area (Å²) < 4.78 is 39.0. The second kappa shape index (κ2) is 10.4. The van der Waals surface area contributed by atoms with Crippen LogP contribution in [0.1, 0.15) is 36.1 Å². The zero-order valence-electron chi connectivity index (χ0n) is 16.3. The number of rotatable bonds is 7. The lowest BCUT2D eigenvalue weighted by Crippen LogP contribution is -3.12. The Morgan fingerprint density at radius 1 is 1.14 bits per heavy atom. The van der Waals surface area contributed by atoms with Crippen molar-refractivity contribution in [3.05, 3.63) is 52.2 Å². The second-order valence-electron chi connectivity index (χ2n) is 7.42. The highest BCUT2D eigenvalue weighted by atomic mass is 32.1. The molecule has 0 radical (unpaired) electrons. The quantitative estimate of drug-likeness (QED) is 0.619. The molecule has 2 heterocycles. The standard InChI is InChI=1S/C21H26F3N3S2/c22-21(23,24)17-7-4-8-18(15-17)25-20(28)27(16-19-9-5-14-29-19)13-6-12-26-10-2-1-3-11-26/h4-5,7-9,14-15H,1-3,6,10-13,16H2,(H,25,28)/p+1. The van der Waals surface area contributed by atoms with Crippen LogP contribution < -0.4 is 10.2 Å². The minimum Gasteiger partial charge on any atom is -0.344 e. The summed E-state index contributed by atoms with van der Waals surface area (Å²) in [6, 6.07) is 9.24. The Bertz CT molecular complexity index is 772. The highest BCUT2D eigenvalue weighted by molar-refractivity contribution is 7.80. The summed E-state index contributed by atoms with van der Waals surface area (Å²) in [6.45, 7) is 5.02. The molecule has 1 saturated heterocycles. The Labute approximate surface area is 179 Å². The minimum atomic E-state index is -4.37. The molecule has 0 bridgehead atoms. The van der Waals surface area contributed by atoms with E-state index in [4.69, 9.17) is 12.2 Å². The maximum Gasteiger partial charge on any atom is 0.416 e. The first-order valence-electron chi connectivity index (χ1n) is 10.0. The molecular formula is C21H27F3N3S2+. The normalized spacial score (nSPS) is 15.3. The smallest absolute Gasteiger partial charge is 0.344 e. The predicted molar refractivity (Wildman–Crippen MR) is 116 cm³/mol. The fourth-order valence-electron chi connectivity index (χ4n) is 3.64. The molecule has 2 N–H and O–H groups in total. The molecule has 1 aromatic carbocycles. The van der Waals surface area contributed by atoms with E-state index >= 15 is 0 Å². The SMILES string of the molecule is FC(F)(F)c1cccc(NC(=S)N(CCC[NH+]2CCCCC2)Cc2cccs2)c1. The molecule has 0 amide bonds. The van der Waals surface area contributed by atoms with E-state index in [1.54, 1.807) is 22.3 Å². The second-order valence-corrected chi connectivity index (χ2v) is 8.84. The van der Waals surface area contributed by atoms with Crippen LogP contribution >= 0.6 is 23.6 Å². The van der Waals surface area contributed by atoms with E-state index in [1.165, 1.54) is 43.3 Å². The lowest BCUT2D eigenvalue weighted by molar-refractivity contribution is -0.905. The molecule has 1 fully saturated rings. The molecule has 3 nitrogen and oxygen atoms in total. The van der Waals surface area contributed by atoms with E-state index < -0.39 is 11.7 Å². The Morgan fingerprint density at radius 2 is 1.93 bits per heavy atom. The lowest BCUT2D eigenvalue weighted by atomic mass is 10.1. The number of alkyl halides is 3. The third-order valence-electron chi connectivity index (χ3n) is 5.17. The molecule has 1 aliphatic heterocycles. The van der Waals surface area contributed by atoms with Gasteiger partial charge in [-0.05, 0) is 61.1 Å². The predicted octanol–water partition coefficient (Wildman–Crippen LogP) is 4.42. The van der Waals surface area contributed by atoms with E-state index in [0.717, 1.165) is 31.6 Å². The fraction of sp³-hybridized carbons (Fsp3) is 0.476. The summed E-state index contributed by atoms with van der Waals surface area (Å²) in [5.74, 6) is 0. The van der Waals surface area contributed by atoms with Crippen molar-refractivity contribution < 1.29 is 18.1 Å². The maximum absolute atomic E-state index is 13.0. The number of hydrogen-bond acceptors (Lipinski definition) is 2. The third kappa shape index (κ3) is 6.97. The van der Waals surface area contributed by atoms with Crippen molar-refractivity contribution >= 4 is 34.4 Å². The molecule has 0 unspecified atom stereocenters. The minimum absolute atomic E-state index is 0.364. The van der Waals surface area contributed by atoms with Gasteiger partial charge in [-0.15, -0.1) is 11.3 Å². The van der Waals surface area contributed by atoms with Crippen molar-refractivity contribution in [3.8, 4) is 0 Å². The van der Waals surface area contributed by atoms with Crippen molar-refractivity contribution in [1.82, 2.24) is 4.90 Å². The van der Waals surface area contributed by atoms with Crippen molar-refractivity contribution in [1.29, 1.82) is 0 Å². The number of thiocarbonyl (C=S) groups is 1. The number of nitrogens with zero attached hydrogens (tertiary/aromatic N) is 1. The Kier molecular flexibility index (Phi) is 7.91. The van der Waals surface area contributed by atoms with Gasteiger partial charge >= 0.3 is 6.18 Å². The molecule has 1 aliphatic rings. The zero-order chi connectivity index (χ0) is 20.7. The van der Waals surface area contributed by atoms with Crippen molar-refractivity contribution in [2.24, 2.45) is 0 Å². The van der Waals surface area contributed by atoms with Crippen LogP contribution in [0.4, 0.5) is 18.9 Å². The number of hydrogen-bond donors (Lipinski definition) is 2. The Morgan fingerprint density at radius 3 is 2.62 bits per heavy atom. The first-order chi connectivity index (χ1) is 13.9. The third-order valence-corrected chi connectivity index (χ3v) is 6.40. The summed E-state index contributed by atoms with van der Waals surface area (Å²) in [5.41, 5.74) is -0.313. The molecule has 3 rings (SSSR count). The number of benzene rings is 1. The molecule has 0 saturated carbocycles. The topological polar surface area (TPSA) is 19.7 Å². The number of anilines is 1. The molecular weight excluding hydrogens is 415 g/mol. The molecule has 0 aliphatic carbocycles. The van der Waals surface area contributed by atoms with Crippen LogP contribution in [0.2, 0.25) is 0 Å². The highest BCUT2D eigenvalue weighted by Gasteiger charge is 2.30. The average molecular weight is 443 g/mol. The summed E-state index contributed by atoms with van der Waals surface area (Å²) in [6.07, 6.45) is 0.560. The number of nitrogens with one attached hydrogen (secondary N) is 2. The van der Waals surface area contributed by atoms with Gasteiger partial charge in [0.1, 0.15) is 0 Å². The molecule has 158 valence electrons. The van der Waals surface area contributed by atoms with Gasteiger partial charge in [-0.3, -0.25) is 0 Å². The van der Waals surface area contributed by atoms with Crippen LogP contribution in [0.15, 0.2) is 41.8 Å². The van der Waals surface area contributed by atoms with E-state index in [-0.39, 0.29) is 0 Å². The molecule has 2 aromatic rings. The first kappa shape index (κ1) is 22.1. The highest BCUT2D eigenvalue weighted by Crippen LogP contribution is 2.30. The van der Waals surface area contributed by atoms with Crippen molar-refractivity contribution in [2.75, 3.05) is 31.5 Å². The maximum atomic E-state index is 13.0. The summed E-state index contributed by atoms with van der Waals surface area (Å²) in [7, 11) is 0.